The molecule has 7 N–H and O–H groups in total. The van der Waals surface area contributed by atoms with Gasteiger partial charge in [-0.2, -0.15) is 0 Å². The number of rotatable bonds is 32. The Balaban J connectivity index is 0. The number of aliphatic hydroxyl groups excluding tert-OH is 6. The zero-order valence-electron chi connectivity index (χ0n) is 29.3. The van der Waals surface area contributed by atoms with Crippen LogP contribution < -0.4 is 0 Å². The largest absolute Gasteiger partial charge is 0.481 e. The van der Waals surface area contributed by atoms with Crippen LogP contribution in [-0.2, 0) is 14.3 Å². The number of carboxylic acids is 1. The minimum Gasteiger partial charge on any atom is -0.481 e. The number of unbranched alkanes of at least 4 members (excludes halogenated alkanes) is 22. The summed E-state index contributed by atoms with van der Waals surface area (Å²) in [7, 11) is 0. The van der Waals surface area contributed by atoms with Crippen LogP contribution in [0.2, 0.25) is 0 Å². The highest BCUT2D eigenvalue weighted by Crippen LogP contribution is 2.15. The highest BCUT2D eigenvalue weighted by atomic mass is 16.6. The van der Waals surface area contributed by atoms with Crippen LogP contribution in [0, 0.1) is 0 Å². The van der Waals surface area contributed by atoms with Crippen LogP contribution in [0.1, 0.15) is 181 Å². The number of carbonyl (C=O) groups excluding carboxylic acids is 1. The van der Waals surface area contributed by atoms with Gasteiger partial charge in [0.25, 0.3) is 0 Å². The third-order valence-corrected chi connectivity index (χ3v) is 8.30. The first-order valence-corrected chi connectivity index (χ1v) is 18.5. The van der Waals surface area contributed by atoms with Crippen LogP contribution in [0.15, 0.2) is 0 Å². The summed E-state index contributed by atoms with van der Waals surface area (Å²) >= 11 is 0. The summed E-state index contributed by atoms with van der Waals surface area (Å²) in [5.74, 6) is -1.37. The first-order valence-electron chi connectivity index (χ1n) is 18.5. The third kappa shape index (κ3) is 31.3. The molecule has 0 spiro atoms. The zero-order chi connectivity index (χ0) is 34.8. The number of hydrogen-bond donors (Lipinski definition) is 7. The summed E-state index contributed by atoms with van der Waals surface area (Å²) in [6, 6.07) is 0. The summed E-state index contributed by atoms with van der Waals surface area (Å²) < 4.78 is 4.62. The van der Waals surface area contributed by atoms with Crippen LogP contribution >= 0.6 is 0 Å². The fraction of sp³-hybridized carbons (Fsp3) is 0.944. The van der Waals surface area contributed by atoms with Crippen LogP contribution in [0.3, 0.4) is 0 Å². The Morgan fingerprint density at radius 3 is 1.13 bits per heavy atom. The molecule has 0 saturated heterocycles. The second kappa shape index (κ2) is 35.0. The van der Waals surface area contributed by atoms with Gasteiger partial charge in [-0.15, -0.1) is 0 Å². The number of aliphatic hydroxyl groups is 6. The number of carboxylic acid groups (broad SMARTS) is 1. The van der Waals surface area contributed by atoms with Crippen molar-refractivity contribution in [1.29, 1.82) is 0 Å². The number of ether oxygens (including phenoxy) is 1. The van der Waals surface area contributed by atoms with E-state index in [4.69, 9.17) is 10.2 Å². The van der Waals surface area contributed by atoms with Gasteiger partial charge in [-0.25, -0.2) is 0 Å². The molecular weight excluding hydrogens is 592 g/mol. The van der Waals surface area contributed by atoms with Crippen molar-refractivity contribution >= 4 is 11.9 Å². The molecular formula is C36H72O10. The molecule has 0 bridgehead atoms. The maximum Gasteiger partial charge on any atom is 0.308 e. The first-order chi connectivity index (χ1) is 22.1. The molecule has 1 unspecified atom stereocenters. The highest BCUT2D eigenvalue weighted by molar-refractivity contribution is 5.69. The van der Waals surface area contributed by atoms with Gasteiger partial charge in [-0.3, -0.25) is 9.59 Å². The van der Waals surface area contributed by atoms with Gasteiger partial charge in [0.15, 0.2) is 0 Å². The van der Waals surface area contributed by atoms with Crippen molar-refractivity contribution in [2.45, 2.75) is 211 Å². The summed E-state index contributed by atoms with van der Waals surface area (Å²) in [4.78, 5) is 22.0. The maximum absolute atomic E-state index is 11.6. The van der Waals surface area contributed by atoms with Crippen LogP contribution in [0.4, 0.5) is 0 Å². The van der Waals surface area contributed by atoms with E-state index in [0.29, 0.717) is 12.8 Å². The van der Waals surface area contributed by atoms with Crippen LogP contribution in [0.25, 0.3) is 0 Å². The number of hydrogen-bond acceptors (Lipinski definition) is 9. The van der Waals surface area contributed by atoms with Gasteiger partial charge in [-0.1, -0.05) is 155 Å². The quantitative estimate of drug-likeness (QED) is 0.0237. The smallest absolute Gasteiger partial charge is 0.308 e. The van der Waals surface area contributed by atoms with Crippen molar-refractivity contribution in [2.75, 3.05) is 6.61 Å². The normalized spacial score (nSPS) is 14.5. The Morgan fingerprint density at radius 1 is 0.478 bits per heavy atom. The molecule has 0 amide bonds. The molecule has 0 aromatic carbocycles. The molecule has 0 radical (unpaired) electrons. The summed E-state index contributed by atoms with van der Waals surface area (Å²) in [5, 5.41) is 64.7. The molecule has 0 aromatic rings. The van der Waals surface area contributed by atoms with E-state index in [9.17, 15) is 35.1 Å². The number of carbonyl (C=O) groups is 2. The lowest BCUT2D eigenvalue weighted by Gasteiger charge is -2.28. The van der Waals surface area contributed by atoms with E-state index in [1.165, 1.54) is 116 Å². The van der Waals surface area contributed by atoms with E-state index in [0.717, 1.165) is 32.1 Å². The zero-order valence-corrected chi connectivity index (χ0v) is 29.3. The lowest BCUT2D eigenvalue weighted by atomic mass is 10.0. The Labute approximate surface area is 280 Å². The van der Waals surface area contributed by atoms with Crippen LogP contribution in [0.5, 0.6) is 0 Å². The molecule has 0 fully saturated rings. The van der Waals surface area contributed by atoms with Gasteiger partial charge >= 0.3 is 11.9 Å². The summed E-state index contributed by atoms with van der Waals surface area (Å²) in [6.07, 6.45) is 20.5. The van der Waals surface area contributed by atoms with Gasteiger partial charge in [0.05, 0.1) is 6.61 Å². The molecule has 0 saturated carbocycles. The Kier molecular flexibility index (Phi) is 35.6. The maximum atomic E-state index is 11.6. The van der Waals surface area contributed by atoms with Crippen molar-refractivity contribution in [3.05, 3.63) is 0 Å². The highest BCUT2D eigenvalue weighted by Gasteiger charge is 2.35. The van der Waals surface area contributed by atoms with Gasteiger partial charge in [0.2, 0.25) is 6.29 Å². The molecule has 276 valence electrons. The minimum absolute atomic E-state index is 0.0809. The molecule has 10 heteroatoms. The second-order valence-corrected chi connectivity index (χ2v) is 12.8. The fourth-order valence-corrected chi connectivity index (χ4v) is 5.20. The van der Waals surface area contributed by atoms with E-state index in [1.807, 2.05) is 0 Å². The Morgan fingerprint density at radius 2 is 0.804 bits per heavy atom. The SMILES string of the molecule is CCCCCCCCCCCC(=O)OC(O)[C@H](O)[C@@H](O)[C@H](O)[C@H](O)CO.CCCCCCCCCCCCCCCCCC(=O)O. The number of esters is 1. The molecule has 5 atom stereocenters. The lowest BCUT2D eigenvalue weighted by Crippen LogP contribution is -2.50. The summed E-state index contributed by atoms with van der Waals surface area (Å²) in [6.45, 7) is 3.61. The second-order valence-electron chi connectivity index (χ2n) is 12.8. The van der Waals surface area contributed by atoms with Gasteiger partial charge < -0.3 is 40.5 Å². The van der Waals surface area contributed by atoms with Crippen molar-refractivity contribution in [3.8, 4) is 0 Å². The molecule has 0 aliphatic heterocycles. The van der Waals surface area contributed by atoms with Crippen molar-refractivity contribution in [3.63, 3.8) is 0 Å². The molecule has 46 heavy (non-hydrogen) atoms. The van der Waals surface area contributed by atoms with Crippen molar-refractivity contribution in [2.24, 2.45) is 0 Å². The third-order valence-electron chi connectivity index (χ3n) is 8.30. The average Bonchev–Trinajstić information content (AvgIpc) is 3.04. The van der Waals surface area contributed by atoms with E-state index in [1.54, 1.807) is 0 Å². The van der Waals surface area contributed by atoms with Gasteiger partial charge in [-0.05, 0) is 12.8 Å². The standard InChI is InChI=1S/C18H36O8.C18H36O2/c1-2-3-4-5-6-7-8-9-10-11-14(21)26-18(25)17(24)16(23)15(22)13(20)12-19;1-2-3-4-5-6-7-8-9-10-11-12-13-14-15-16-17-18(19)20/h13,15-20,22-25H,2-12H2,1H3;2-17H2,1H3,(H,19,20)/t13-,15-,16+,17-,18?;/m1./s1. The molecule has 0 rings (SSSR count). The average molecular weight is 665 g/mol. The molecule has 0 heterocycles. The van der Waals surface area contributed by atoms with E-state index >= 15 is 0 Å². The topological polar surface area (TPSA) is 185 Å². The summed E-state index contributed by atoms with van der Waals surface area (Å²) in [5.41, 5.74) is 0. The molecule has 10 nitrogen and oxygen atoms in total. The molecule has 0 aliphatic carbocycles. The number of aliphatic carboxylic acids is 1. The monoisotopic (exact) mass is 665 g/mol. The van der Waals surface area contributed by atoms with Crippen LogP contribution in [-0.4, -0.2) is 85.0 Å². The van der Waals surface area contributed by atoms with Crippen molar-refractivity contribution < 1.29 is 50.1 Å². The Hall–Kier alpha value is -1.30. The van der Waals surface area contributed by atoms with E-state index in [2.05, 4.69) is 18.6 Å². The first kappa shape index (κ1) is 46.8. The van der Waals surface area contributed by atoms with Gasteiger partial charge in [0, 0.05) is 12.8 Å². The van der Waals surface area contributed by atoms with E-state index < -0.39 is 49.3 Å². The lowest BCUT2D eigenvalue weighted by molar-refractivity contribution is -0.213. The van der Waals surface area contributed by atoms with Crippen molar-refractivity contribution in [1.82, 2.24) is 0 Å². The minimum atomic E-state index is -2.03. The molecule has 0 aromatic heterocycles. The fourth-order valence-electron chi connectivity index (χ4n) is 5.20. The molecule has 0 aliphatic rings. The van der Waals surface area contributed by atoms with Gasteiger partial charge in [0.1, 0.15) is 24.4 Å². The predicted octanol–water partition coefficient (Wildman–Crippen LogP) is 6.54. The Bertz CT molecular complexity index is 663. The predicted molar refractivity (Wildman–Crippen MR) is 182 cm³/mol. The van der Waals surface area contributed by atoms with E-state index in [-0.39, 0.29) is 6.42 Å².